The van der Waals surface area contributed by atoms with E-state index in [-0.39, 0.29) is 5.75 Å². The highest BCUT2D eigenvalue weighted by Gasteiger charge is 2.14. The number of azo groups is 1. The number of aromatic hydroxyl groups is 1. The summed E-state index contributed by atoms with van der Waals surface area (Å²) >= 11 is 0. The van der Waals surface area contributed by atoms with Crippen LogP contribution in [-0.4, -0.2) is 21.1 Å². The van der Waals surface area contributed by atoms with Crippen molar-refractivity contribution in [1.29, 1.82) is 0 Å². The first kappa shape index (κ1) is 16.8. The van der Waals surface area contributed by atoms with Gasteiger partial charge in [0.15, 0.2) is 5.82 Å². The molecule has 0 radical (unpaired) electrons. The van der Waals surface area contributed by atoms with E-state index in [9.17, 15) is 5.11 Å². The number of phenols is 1. The Balaban J connectivity index is 1.81. The second-order valence-corrected chi connectivity index (χ2v) is 5.86. The number of hydrogen-bond donors (Lipinski definition) is 1. The molecular formula is C21H18N4O2. The third-order valence-corrected chi connectivity index (χ3v) is 4.08. The fourth-order valence-electron chi connectivity index (χ4n) is 2.80. The number of benzene rings is 2. The largest absolute Gasteiger partial charge is 0.506 e. The van der Waals surface area contributed by atoms with E-state index in [1.807, 2.05) is 60.0 Å². The second kappa shape index (κ2) is 7.29. The number of aromatic nitrogens is 2. The lowest BCUT2D eigenvalue weighted by Crippen LogP contribution is -1.90. The zero-order valence-electron chi connectivity index (χ0n) is 14.8. The van der Waals surface area contributed by atoms with Gasteiger partial charge in [-0.15, -0.1) is 10.2 Å². The summed E-state index contributed by atoms with van der Waals surface area (Å²) in [5, 5.41) is 18.5. The third-order valence-electron chi connectivity index (χ3n) is 4.08. The predicted octanol–water partition coefficient (Wildman–Crippen LogP) is 5.52. The third kappa shape index (κ3) is 3.37. The van der Waals surface area contributed by atoms with Gasteiger partial charge in [0.1, 0.15) is 28.5 Å². The van der Waals surface area contributed by atoms with Crippen molar-refractivity contribution in [2.45, 2.75) is 6.92 Å². The summed E-state index contributed by atoms with van der Waals surface area (Å²) in [4.78, 5) is 4.70. The normalized spacial score (nSPS) is 11.3. The smallest absolute Gasteiger partial charge is 0.187 e. The number of rotatable bonds is 5. The van der Waals surface area contributed by atoms with Gasteiger partial charge in [0.25, 0.3) is 0 Å². The molecule has 0 unspecified atom stereocenters. The molecule has 4 rings (SSSR count). The van der Waals surface area contributed by atoms with E-state index >= 15 is 0 Å². The molecule has 4 aromatic rings. The van der Waals surface area contributed by atoms with Crippen molar-refractivity contribution in [3.05, 3.63) is 72.9 Å². The number of ether oxygens (including phenoxy) is 1. The molecular weight excluding hydrogens is 340 g/mol. The second-order valence-electron chi connectivity index (χ2n) is 5.86. The minimum absolute atomic E-state index is 0.0812. The Labute approximate surface area is 156 Å². The molecule has 6 heteroatoms. The molecule has 0 bridgehead atoms. The summed E-state index contributed by atoms with van der Waals surface area (Å²) in [6.45, 7) is 2.57. The molecule has 0 atom stereocenters. The molecule has 0 spiro atoms. The van der Waals surface area contributed by atoms with E-state index < -0.39 is 0 Å². The Kier molecular flexibility index (Phi) is 4.53. The van der Waals surface area contributed by atoms with Crippen molar-refractivity contribution in [2.24, 2.45) is 10.2 Å². The van der Waals surface area contributed by atoms with Crippen molar-refractivity contribution in [2.75, 3.05) is 6.61 Å². The quantitative estimate of drug-likeness (QED) is 0.477. The molecule has 6 nitrogen and oxygen atoms in total. The maximum absolute atomic E-state index is 9.93. The van der Waals surface area contributed by atoms with E-state index in [4.69, 9.17) is 9.72 Å². The van der Waals surface area contributed by atoms with Crippen LogP contribution >= 0.6 is 0 Å². The monoisotopic (exact) mass is 358 g/mol. The number of hydrogen-bond acceptors (Lipinski definition) is 5. The van der Waals surface area contributed by atoms with Gasteiger partial charge in [0.2, 0.25) is 0 Å². The summed E-state index contributed by atoms with van der Waals surface area (Å²) in [5.41, 5.74) is 2.80. The minimum Gasteiger partial charge on any atom is -0.506 e. The summed E-state index contributed by atoms with van der Waals surface area (Å²) in [6.07, 6.45) is 1.89. The number of imidazole rings is 1. The lowest BCUT2D eigenvalue weighted by Gasteiger charge is -2.04. The fraction of sp³-hybridized carbons (Fsp3) is 0.0952. The molecule has 0 saturated carbocycles. The average molecular weight is 358 g/mol. The van der Waals surface area contributed by atoms with Gasteiger partial charge < -0.3 is 9.84 Å². The Bertz CT molecular complexity index is 1100. The maximum atomic E-state index is 9.93. The lowest BCUT2D eigenvalue weighted by molar-refractivity contribution is 0.340. The highest BCUT2D eigenvalue weighted by atomic mass is 16.5. The number of fused-ring (bicyclic) bond motifs is 1. The van der Waals surface area contributed by atoms with Crippen LogP contribution in [0.2, 0.25) is 0 Å². The topological polar surface area (TPSA) is 71.5 Å². The highest BCUT2D eigenvalue weighted by Crippen LogP contribution is 2.34. The van der Waals surface area contributed by atoms with Crippen LogP contribution in [-0.2, 0) is 0 Å². The Morgan fingerprint density at radius 3 is 2.52 bits per heavy atom. The molecule has 2 heterocycles. The van der Waals surface area contributed by atoms with Crippen LogP contribution in [0.1, 0.15) is 6.92 Å². The fourth-order valence-corrected chi connectivity index (χ4v) is 2.80. The van der Waals surface area contributed by atoms with Crippen LogP contribution in [0, 0.1) is 0 Å². The zero-order valence-corrected chi connectivity index (χ0v) is 14.8. The van der Waals surface area contributed by atoms with Crippen molar-refractivity contribution >= 4 is 17.2 Å². The first-order valence-electron chi connectivity index (χ1n) is 8.66. The zero-order chi connectivity index (χ0) is 18.6. The Morgan fingerprint density at radius 2 is 1.74 bits per heavy atom. The molecule has 2 aromatic heterocycles. The lowest BCUT2D eigenvalue weighted by atomic mass is 10.1. The van der Waals surface area contributed by atoms with E-state index in [2.05, 4.69) is 10.2 Å². The van der Waals surface area contributed by atoms with Crippen molar-refractivity contribution in [3.63, 3.8) is 0 Å². The summed E-state index contributed by atoms with van der Waals surface area (Å²) < 4.78 is 7.38. The first-order valence-corrected chi connectivity index (χ1v) is 8.66. The van der Waals surface area contributed by atoms with Crippen LogP contribution in [0.15, 0.2) is 83.2 Å². The molecule has 1 N–H and O–H groups in total. The average Bonchev–Trinajstić information content (AvgIpc) is 3.07. The van der Waals surface area contributed by atoms with Crippen LogP contribution in [0.3, 0.4) is 0 Å². The SMILES string of the molecule is CCOc1ccc(-c2nc3ccccn3c2N=Nc2ccccc2O)cc1. The summed E-state index contributed by atoms with van der Waals surface area (Å²) in [7, 11) is 0. The van der Waals surface area contributed by atoms with E-state index in [0.29, 0.717) is 23.8 Å². The number of phenolic OH excluding ortho intramolecular Hbond substituents is 1. The number of para-hydroxylation sites is 1. The molecule has 134 valence electrons. The van der Waals surface area contributed by atoms with E-state index in [0.717, 1.165) is 17.0 Å². The van der Waals surface area contributed by atoms with Gasteiger partial charge >= 0.3 is 0 Å². The van der Waals surface area contributed by atoms with Gasteiger partial charge in [-0.3, -0.25) is 4.40 Å². The van der Waals surface area contributed by atoms with Gasteiger partial charge in [-0.25, -0.2) is 4.98 Å². The highest BCUT2D eigenvalue weighted by molar-refractivity contribution is 5.74. The van der Waals surface area contributed by atoms with Gasteiger partial charge in [0, 0.05) is 11.8 Å². The van der Waals surface area contributed by atoms with Gasteiger partial charge in [-0.05, 0) is 55.5 Å². The van der Waals surface area contributed by atoms with Gasteiger partial charge in [-0.1, -0.05) is 18.2 Å². The maximum Gasteiger partial charge on any atom is 0.187 e. The van der Waals surface area contributed by atoms with Crippen LogP contribution in [0.5, 0.6) is 11.5 Å². The van der Waals surface area contributed by atoms with Gasteiger partial charge in [-0.2, -0.15) is 0 Å². The van der Waals surface area contributed by atoms with Crippen LogP contribution in [0.25, 0.3) is 16.9 Å². The van der Waals surface area contributed by atoms with Crippen molar-refractivity contribution in [1.82, 2.24) is 9.38 Å². The Hall–Kier alpha value is -3.67. The van der Waals surface area contributed by atoms with E-state index in [1.165, 1.54) is 0 Å². The molecule has 2 aromatic carbocycles. The summed E-state index contributed by atoms with van der Waals surface area (Å²) in [5.74, 6) is 1.48. The molecule has 0 aliphatic heterocycles. The van der Waals surface area contributed by atoms with Crippen LogP contribution < -0.4 is 4.74 Å². The van der Waals surface area contributed by atoms with E-state index in [1.54, 1.807) is 24.3 Å². The molecule has 0 amide bonds. The molecule has 0 aliphatic rings. The molecule has 0 aliphatic carbocycles. The first-order chi connectivity index (χ1) is 13.3. The van der Waals surface area contributed by atoms with Crippen molar-refractivity contribution < 1.29 is 9.84 Å². The molecule has 0 saturated heterocycles. The number of pyridine rings is 1. The van der Waals surface area contributed by atoms with Crippen LogP contribution in [0.4, 0.5) is 11.5 Å². The standard InChI is InChI=1S/C21H18N4O2/c1-2-27-16-12-10-15(11-13-16)20-21(25-14-6-5-9-19(25)22-20)24-23-17-7-3-4-8-18(17)26/h3-14,26H,2H2,1H3. The predicted molar refractivity (Wildman–Crippen MR) is 104 cm³/mol. The Morgan fingerprint density at radius 1 is 0.963 bits per heavy atom. The minimum atomic E-state index is 0.0812. The summed E-state index contributed by atoms with van der Waals surface area (Å²) in [6, 6.07) is 20.3. The molecule has 0 fully saturated rings. The van der Waals surface area contributed by atoms with Gasteiger partial charge in [0.05, 0.1) is 6.61 Å². The molecule has 27 heavy (non-hydrogen) atoms. The van der Waals surface area contributed by atoms with Crippen molar-refractivity contribution in [3.8, 4) is 22.8 Å². The number of nitrogens with zero attached hydrogens (tertiary/aromatic N) is 4.